The van der Waals surface area contributed by atoms with E-state index in [0.29, 0.717) is 23.2 Å². The SMILES string of the molecule is CCCc1ccccc1N1C(=O)CSC1=NC(=O)NCCCCc1cccc(-c2ncn(-c3ccc(OC(F)(F)F)cc3)n2)c1. The number of hydrogen-bond acceptors (Lipinski definition) is 6. The molecular formula is C32H31F3N6O3S. The number of nitrogens with zero attached hydrogens (tertiary/aromatic N) is 5. The molecule has 45 heavy (non-hydrogen) atoms. The zero-order chi connectivity index (χ0) is 31.8. The second-order valence-corrected chi connectivity index (χ2v) is 11.2. The predicted molar refractivity (Wildman–Crippen MR) is 168 cm³/mol. The molecule has 1 N–H and O–H groups in total. The Labute approximate surface area is 262 Å². The van der Waals surface area contributed by atoms with Gasteiger partial charge in [0.25, 0.3) is 0 Å². The molecule has 1 aliphatic rings. The van der Waals surface area contributed by atoms with Gasteiger partial charge >= 0.3 is 12.4 Å². The van der Waals surface area contributed by atoms with E-state index in [0.717, 1.165) is 54.5 Å². The van der Waals surface area contributed by atoms with Gasteiger partial charge in [-0.1, -0.05) is 61.5 Å². The highest BCUT2D eigenvalue weighted by atomic mass is 32.2. The molecule has 0 unspecified atom stereocenters. The number of unbranched alkanes of at least 4 members (excludes halogenated alkanes) is 1. The van der Waals surface area contributed by atoms with Gasteiger partial charge in [-0.15, -0.1) is 18.3 Å². The summed E-state index contributed by atoms with van der Waals surface area (Å²) in [7, 11) is 0. The van der Waals surface area contributed by atoms with E-state index in [-0.39, 0.29) is 17.4 Å². The van der Waals surface area contributed by atoms with Gasteiger partial charge in [-0.25, -0.2) is 14.5 Å². The lowest BCUT2D eigenvalue weighted by molar-refractivity contribution is -0.274. The summed E-state index contributed by atoms with van der Waals surface area (Å²) >= 11 is 1.26. The van der Waals surface area contributed by atoms with E-state index in [9.17, 15) is 22.8 Å². The lowest BCUT2D eigenvalue weighted by atomic mass is 10.0. The number of aliphatic imine (C=N–C) groups is 1. The van der Waals surface area contributed by atoms with E-state index in [2.05, 4.69) is 32.1 Å². The lowest BCUT2D eigenvalue weighted by Crippen LogP contribution is -2.32. The largest absolute Gasteiger partial charge is 0.573 e. The number of aryl methyl sites for hydroxylation is 2. The third-order valence-electron chi connectivity index (χ3n) is 6.89. The standard InChI is InChI=1S/C32H31F3N6O3S/c1-2-8-23-11-3-4-13-27(23)41-28(42)20-45-31(41)38-30(43)36-18-6-5-9-22-10-7-12-24(19-22)29-37-21-40(39-29)25-14-16-26(17-15-25)44-32(33,34)35/h3-4,7,10-17,19,21H,2,5-6,8-9,18,20H2,1H3,(H,36,43). The zero-order valence-electron chi connectivity index (χ0n) is 24.5. The van der Waals surface area contributed by atoms with Crippen LogP contribution >= 0.6 is 11.8 Å². The van der Waals surface area contributed by atoms with Crippen molar-refractivity contribution in [2.24, 2.45) is 4.99 Å². The lowest BCUT2D eigenvalue weighted by Gasteiger charge is -2.19. The molecule has 0 bridgehead atoms. The molecule has 3 amide bonds. The van der Waals surface area contributed by atoms with Gasteiger partial charge in [0.15, 0.2) is 11.0 Å². The van der Waals surface area contributed by atoms with Crippen molar-refractivity contribution in [3.05, 3.63) is 90.3 Å². The molecule has 0 saturated carbocycles. The summed E-state index contributed by atoms with van der Waals surface area (Å²) in [5.74, 6) is 0.323. The normalized spacial score (nSPS) is 14.3. The fourth-order valence-electron chi connectivity index (χ4n) is 4.85. The number of halogens is 3. The van der Waals surface area contributed by atoms with Crippen LogP contribution in [0.3, 0.4) is 0 Å². The van der Waals surface area contributed by atoms with E-state index in [1.54, 1.807) is 4.90 Å². The first-order valence-corrected chi connectivity index (χ1v) is 15.5. The van der Waals surface area contributed by atoms with Gasteiger partial charge < -0.3 is 10.1 Å². The van der Waals surface area contributed by atoms with Crippen LogP contribution in [0.15, 0.2) is 84.1 Å². The third-order valence-corrected chi connectivity index (χ3v) is 7.82. The Morgan fingerprint density at radius 2 is 1.84 bits per heavy atom. The Morgan fingerprint density at radius 1 is 1.04 bits per heavy atom. The highest BCUT2D eigenvalue weighted by Gasteiger charge is 2.32. The molecule has 0 radical (unpaired) electrons. The number of aromatic nitrogens is 3. The van der Waals surface area contributed by atoms with Crippen molar-refractivity contribution >= 4 is 34.6 Å². The molecule has 13 heteroatoms. The summed E-state index contributed by atoms with van der Waals surface area (Å²) in [6, 6.07) is 20.4. The van der Waals surface area contributed by atoms with Crippen LogP contribution in [-0.2, 0) is 17.6 Å². The summed E-state index contributed by atoms with van der Waals surface area (Å²) in [6.07, 6.45) is 0.832. The highest BCUT2D eigenvalue weighted by molar-refractivity contribution is 8.15. The molecule has 234 valence electrons. The summed E-state index contributed by atoms with van der Waals surface area (Å²) in [4.78, 5) is 35.3. The van der Waals surface area contributed by atoms with Gasteiger partial charge in [0, 0.05) is 12.1 Å². The number of benzene rings is 3. The summed E-state index contributed by atoms with van der Waals surface area (Å²) < 4.78 is 42.7. The molecule has 5 rings (SSSR count). The van der Waals surface area contributed by atoms with Crippen LogP contribution in [0, 0.1) is 0 Å². The molecule has 0 aliphatic carbocycles. The number of amides is 3. The fraction of sp³-hybridized carbons (Fsp3) is 0.281. The summed E-state index contributed by atoms with van der Waals surface area (Å²) in [5.41, 5.74) is 4.25. The average molecular weight is 637 g/mol. The van der Waals surface area contributed by atoms with Crippen molar-refractivity contribution < 1.29 is 27.5 Å². The number of nitrogens with one attached hydrogen (secondary N) is 1. The van der Waals surface area contributed by atoms with Crippen LogP contribution in [0.2, 0.25) is 0 Å². The third kappa shape index (κ3) is 8.50. The zero-order valence-corrected chi connectivity index (χ0v) is 25.3. The van der Waals surface area contributed by atoms with Crippen molar-refractivity contribution in [2.75, 3.05) is 17.2 Å². The van der Waals surface area contributed by atoms with E-state index >= 15 is 0 Å². The maximum atomic E-state index is 12.6. The Bertz CT molecular complexity index is 1670. The minimum atomic E-state index is -4.75. The molecule has 4 aromatic rings. The van der Waals surface area contributed by atoms with Crippen molar-refractivity contribution in [3.8, 4) is 22.8 Å². The Kier molecular flexibility index (Phi) is 10.2. The van der Waals surface area contributed by atoms with E-state index in [4.69, 9.17) is 0 Å². The Hall–Kier alpha value is -4.65. The molecule has 3 aromatic carbocycles. The highest BCUT2D eigenvalue weighted by Crippen LogP contribution is 2.30. The minimum absolute atomic E-state index is 0.0899. The van der Waals surface area contributed by atoms with Crippen LogP contribution < -0.4 is 15.0 Å². The number of para-hydroxylation sites is 1. The molecule has 1 aliphatic heterocycles. The maximum Gasteiger partial charge on any atom is 0.573 e. The van der Waals surface area contributed by atoms with Crippen molar-refractivity contribution in [3.63, 3.8) is 0 Å². The number of carbonyl (C=O) groups is 2. The summed E-state index contributed by atoms with van der Waals surface area (Å²) in [6.45, 7) is 2.52. The monoisotopic (exact) mass is 636 g/mol. The van der Waals surface area contributed by atoms with Crippen LogP contribution in [0.4, 0.5) is 23.7 Å². The Balaban J connectivity index is 1.11. The van der Waals surface area contributed by atoms with E-state index in [1.165, 1.54) is 47.0 Å². The van der Waals surface area contributed by atoms with E-state index < -0.39 is 12.4 Å². The topological polar surface area (TPSA) is 102 Å². The number of thioether (sulfide) groups is 1. The Morgan fingerprint density at radius 3 is 2.62 bits per heavy atom. The van der Waals surface area contributed by atoms with Gasteiger partial charge in [-0.3, -0.25) is 9.69 Å². The van der Waals surface area contributed by atoms with Crippen LogP contribution in [0.1, 0.15) is 37.3 Å². The number of anilines is 1. The number of hydrogen-bond donors (Lipinski definition) is 1. The fourth-order valence-corrected chi connectivity index (χ4v) is 5.71. The number of carbonyl (C=O) groups excluding carboxylic acids is 2. The average Bonchev–Trinajstić information content (AvgIpc) is 3.64. The second kappa shape index (κ2) is 14.4. The molecule has 2 heterocycles. The van der Waals surface area contributed by atoms with Gasteiger partial charge in [0.05, 0.1) is 17.1 Å². The summed E-state index contributed by atoms with van der Waals surface area (Å²) in [5, 5.41) is 7.69. The molecule has 0 spiro atoms. The number of ether oxygens (including phenoxy) is 1. The number of rotatable bonds is 11. The number of urea groups is 1. The minimum Gasteiger partial charge on any atom is -0.406 e. The van der Waals surface area contributed by atoms with Gasteiger partial charge in [0.2, 0.25) is 5.91 Å². The first-order chi connectivity index (χ1) is 21.7. The first kappa shape index (κ1) is 31.8. The maximum absolute atomic E-state index is 12.6. The first-order valence-electron chi connectivity index (χ1n) is 14.5. The number of amidine groups is 1. The number of alkyl halides is 3. The van der Waals surface area contributed by atoms with Gasteiger partial charge in [0.1, 0.15) is 12.1 Å². The molecule has 1 fully saturated rings. The van der Waals surface area contributed by atoms with Crippen molar-refractivity contribution in [2.45, 2.75) is 45.4 Å². The smallest absolute Gasteiger partial charge is 0.406 e. The molecule has 9 nitrogen and oxygen atoms in total. The van der Waals surface area contributed by atoms with Crippen LogP contribution in [0.5, 0.6) is 5.75 Å². The van der Waals surface area contributed by atoms with Gasteiger partial charge in [-0.05, 0) is 73.2 Å². The van der Waals surface area contributed by atoms with Crippen LogP contribution in [-0.4, -0.2) is 50.5 Å². The molecular weight excluding hydrogens is 605 g/mol. The van der Waals surface area contributed by atoms with Crippen LogP contribution in [0.25, 0.3) is 17.1 Å². The predicted octanol–water partition coefficient (Wildman–Crippen LogP) is 6.95. The van der Waals surface area contributed by atoms with Crippen molar-refractivity contribution in [1.29, 1.82) is 0 Å². The van der Waals surface area contributed by atoms with Gasteiger partial charge in [-0.2, -0.15) is 4.99 Å². The second-order valence-electron chi connectivity index (χ2n) is 10.2. The molecule has 1 saturated heterocycles. The van der Waals surface area contributed by atoms with E-state index in [1.807, 2.05) is 48.5 Å². The quantitative estimate of drug-likeness (QED) is 0.179. The molecule has 0 atom stereocenters. The molecule has 1 aromatic heterocycles. The van der Waals surface area contributed by atoms with Crippen molar-refractivity contribution in [1.82, 2.24) is 20.1 Å².